The first-order valence-electron chi connectivity index (χ1n) is 4.07. The van der Waals surface area contributed by atoms with Gasteiger partial charge in [-0.3, -0.25) is 4.79 Å². The van der Waals surface area contributed by atoms with E-state index in [0.29, 0.717) is 17.1 Å². The number of carbonyl (C=O) groups excluding carboxylic acids is 1. The Morgan fingerprint density at radius 1 is 1.50 bits per heavy atom. The molecule has 0 saturated carbocycles. The van der Waals surface area contributed by atoms with Crippen LogP contribution in [-0.2, 0) is 5.88 Å². The number of thiophene rings is 1. The van der Waals surface area contributed by atoms with Crippen LogP contribution in [-0.4, -0.2) is 6.29 Å². The Bertz CT molecular complexity index is 492. The van der Waals surface area contributed by atoms with Gasteiger partial charge >= 0.3 is 0 Å². The molecule has 1 aromatic carbocycles. The van der Waals surface area contributed by atoms with Gasteiger partial charge < -0.3 is 5.73 Å². The van der Waals surface area contributed by atoms with Gasteiger partial charge in [0.05, 0.1) is 5.69 Å². The van der Waals surface area contributed by atoms with Crippen molar-refractivity contribution in [3.8, 4) is 0 Å². The third-order valence-electron chi connectivity index (χ3n) is 2.13. The van der Waals surface area contributed by atoms with Crippen molar-refractivity contribution in [3.05, 3.63) is 28.6 Å². The molecule has 1 heterocycles. The number of nitrogens with two attached hydrogens (primary N) is 1. The van der Waals surface area contributed by atoms with E-state index >= 15 is 0 Å². The summed E-state index contributed by atoms with van der Waals surface area (Å²) in [5, 5.41) is 2.68. The molecule has 4 heteroatoms. The Labute approximate surface area is 90.3 Å². The summed E-state index contributed by atoms with van der Waals surface area (Å²) in [5.74, 6) is 0.440. The maximum Gasteiger partial charge on any atom is 0.150 e. The monoisotopic (exact) mass is 225 g/mol. The molecular formula is C10H8ClNOS. The average Bonchev–Trinajstić information content (AvgIpc) is 2.60. The van der Waals surface area contributed by atoms with Crippen molar-refractivity contribution < 1.29 is 4.79 Å². The van der Waals surface area contributed by atoms with Crippen LogP contribution in [0, 0.1) is 0 Å². The summed E-state index contributed by atoms with van der Waals surface area (Å²) in [6.45, 7) is 0. The summed E-state index contributed by atoms with van der Waals surface area (Å²) in [7, 11) is 0. The first kappa shape index (κ1) is 9.49. The van der Waals surface area contributed by atoms with Gasteiger partial charge in [-0.15, -0.1) is 22.9 Å². The fourth-order valence-electron chi connectivity index (χ4n) is 1.46. The maximum absolute atomic E-state index is 10.8. The van der Waals surface area contributed by atoms with E-state index < -0.39 is 0 Å². The number of alkyl halides is 1. The number of nitrogen functional groups attached to an aromatic ring is 1. The Morgan fingerprint density at radius 2 is 2.29 bits per heavy atom. The Morgan fingerprint density at radius 3 is 2.93 bits per heavy atom. The largest absolute Gasteiger partial charge is 0.398 e. The normalized spacial score (nSPS) is 10.6. The van der Waals surface area contributed by atoms with E-state index in [1.54, 1.807) is 6.07 Å². The lowest BCUT2D eigenvalue weighted by molar-refractivity contribution is 0.112. The van der Waals surface area contributed by atoms with E-state index in [-0.39, 0.29) is 0 Å². The second kappa shape index (κ2) is 3.59. The second-order valence-electron chi connectivity index (χ2n) is 2.96. The highest BCUT2D eigenvalue weighted by Crippen LogP contribution is 2.33. The summed E-state index contributed by atoms with van der Waals surface area (Å²) < 4.78 is 1.02. The zero-order valence-electron chi connectivity index (χ0n) is 7.29. The second-order valence-corrected chi connectivity index (χ2v) is 4.11. The summed E-state index contributed by atoms with van der Waals surface area (Å²) in [5.41, 5.74) is 8.09. The van der Waals surface area contributed by atoms with Crippen LogP contribution in [0.4, 0.5) is 5.69 Å². The molecule has 2 rings (SSSR count). The quantitative estimate of drug-likeness (QED) is 0.631. The van der Waals surface area contributed by atoms with Gasteiger partial charge in [0.2, 0.25) is 0 Å². The topological polar surface area (TPSA) is 43.1 Å². The number of anilines is 1. The molecule has 0 fully saturated rings. The fourth-order valence-corrected chi connectivity index (χ4v) is 2.77. The van der Waals surface area contributed by atoms with Gasteiger partial charge in [0.15, 0.2) is 6.29 Å². The molecule has 2 aromatic rings. The lowest BCUT2D eigenvalue weighted by atomic mass is 10.1. The van der Waals surface area contributed by atoms with Gasteiger partial charge in [0.1, 0.15) is 0 Å². The third-order valence-corrected chi connectivity index (χ3v) is 3.50. The lowest BCUT2D eigenvalue weighted by Gasteiger charge is -2.01. The maximum atomic E-state index is 10.8. The molecule has 0 bridgehead atoms. The number of hydrogen-bond acceptors (Lipinski definition) is 3. The van der Waals surface area contributed by atoms with Crippen molar-refractivity contribution in [1.82, 2.24) is 0 Å². The molecule has 1 aromatic heterocycles. The molecule has 2 nitrogen and oxygen atoms in total. The lowest BCUT2D eigenvalue weighted by Crippen LogP contribution is -1.88. The molecular weight excluding hydrogens is 218 g/mol. The predicted molar refractivity (Wildman–Crippen MR) is 61.2 cm³/mol. The van der Waals surface area contributed by atoms with E-state index in [0.717, 1.165) is 21.9 Å². The molecule has 0 spiro atoms. The molecule has 14 heavy (non-hydrogen) atoms. The number of halogens is 1. The molecule has 0 unspecified atom stereocenters. The highest BCUT2D eigenvalue weighted by Gasteiger charge is 2.09. The first-order valence-corrected chi connectivity index (χ1v) is 5.49. The Balaban J connectivity index is 2.87. The van der Waals surface area contributed by atoms with Crippen LogP contribution in [0.25, 0.3) is 10.1 Å². The van der Waals surface area contributed by atoms with Crippen LogP contribution in [0.15, 0.2) is 17.5 Å². The van der Waals surface area contributed by atoms with E-state index in [9.17, 15) is 4.79 Å². The SMILES string of the molecule is Nc1csc2c(CCl)ccc(C=O)c12. The summed E-state index contributed by atoms with van der Waals surface area (Å²) in [6.07, 6.45) is 0.823. The van der Waals surface area contributed by atoms with Gasteiger partial charge in [-0.05, 0) is 5.56 Å². The summed E-state index contributed by atoms with van der Waals surface area (Å²) >= 11 is 7.31. The molecule has 2 N–H and O–H groups in total. The minimum Gasteiger partial charge on any atom is -0.398 e. The Kier molecular flexibility index (Phi) is 2.44. The van der Waals surface area contributed by atoms with Gasteiger partial charge in [0, 0.05) is 26.9 Å². The van der Waals surface area contributed by atoms with Gasteiger partial charge in [-0.25, -0.2) is 0 Å². The minimum absolute atomic E-state index is 0.440. The van der Waals surface area contributed by atoms with Crippen molar-refractivity contribution >= 4 is 45.0 Å². The van der Waals surface area contributed by atoms with Gasteiger partial charge in [0.25, 0.3) is 0 Å². The van der Waals surface area contributed by atoms with Crippen molar-refractivity contribution in [2.24, 2.45) is 0 Å². The zero-order valence-corrected chi connectivity index (χ0v) is 8.86. The van der Waals surface area contributed by atoms with Crippen LogP contribution in [0.2, 0.25) is 0 Å². The standard InChI is InChI=1S/C10H8ClNOS/c11-3-6-1-2-7(4-13)9-8(12)5-14-10(6)9/h1-2,4-5H,3,12H2. The summed E-state index contributed by atoms with van der Waals surface area (Å²) in [6, 6.07) is 3.63. The van der Waals surface area contributed by atoms with Crippen LogP contribution < -0.4 is 5.73 Å². The van der Waals surface area contributed by atoms with E-state index in [1.165, 1.54) is 11.3 Å². The molecule has 0 atom stereocenters. The van der Waals surface area contributed by atoms with Crippen molar-refractivity contribution in [2.75, 3.05) is 5.73 Å². The van der Waals surface area contributed by atoms with Gasteiger partial charge in [-0.2, -0.15) is 0 Å². The Hall–Kier alpha value is -1.06. The number of aldehydes is 1. The fraction of sp³-hybridized carbons (Fsp3) is 0.100. The first-order chi connectivity index (χ1) is 6.77. The highest BCUT2D eigenvalue weighted by atomic mass is 35.5. The van der Waals surface area contributed by atoms with E-state index in [1.807, 2.05) is 11.4 Å². The molecule has 0 amide bonds. The zero-order chi connectivity index (χ0) is 10.1. The summed E-state index contributed by atoms with van der Waals surface area (Å²) in [4.78, 5) is 10.8. The van der Waals surface area contributed by atoms with E-state index in [4.69, 9.17) is 17.3 Å². The number of rotatable bonds is 2. The highest BCUT2D eigenvalue weighted by molar-refractivity contribution is 7.18. The van der Waals surface area contributed by atoms with Crippen LogP contribution in [0.1, 0.15) is 15.9 Å². The number of benzene rings is 1. The molecule has 0 aliphatic rings. The van der Waals surface area contributed by atoms with Crippen LogP contribution >= 0.6 is 22.9 Å². The average molecular weight is 226 g/mol. The van der Waals surface area contributed by atoms with Gasteiger partial charge in [-0.1, -0.05) is 12.1 Å². The van der Waals surface area contributed by atoms with Crippen molar-refractivity contribution in [3.63, 3.8) is 0 Å². The van der Waals surface area contributed by atoms with Crippen LogP contribution in [0.3, 0.4) is 0 Å². The number of carbonyl (C=O) groups is 1. The molecule has 0 aliphatic heterocycles. The number of fused-ring (bicyclic) bond motifs is 1. The molecule has 0 aliphatic carbocycles. The predicted octanol–water partition coefficient (Wildman–Crippen LogP) is 3.03. The van der Waals surface area contributed by atoms with Crippen LogP contribution in [0.5, 0.6) is 0 Å². The van der Waals surface area contributed by atoms with Crippen molar-refractivity contribution in [2.45, 2.75) is 5.88 Å². The molecule has 72 valence electrons. The smallest absolute Gasteiger partial charge is 0.150 e. The van der Waals surface area contributed by atoms with E-state index in [2.05, 4.69) is 0 Å². The third kappa shape index (κ3) is 1.29. The molecule has 0 saturated heterocycles. The molecule has 0 radical (unpaired) electrons. The van der Waals surface area contributed by atoms with Crippen molar-refractivity contribution in [1.29, 1.82) is 0 Å². The minimum atomic E-state index is 0.440. The number of hydrogen-bond donors (Lipinski definition) is 1.